The Hall–Kier alpha value is -4.40. The van der Waals surface area contributed by atoms with Crippen LogP contribution in [0.25, 0.3) is 27.6 Å². The number of carbonyl (C=O) groups excluding carboxylic acids is 1. The van der Waals surface area contributed by atoms with Gasteiger partial charge in [-0.3, -0.25) is 9.36 Å². The summed E-state index contributed by atoms with van der Waals surface area (Å²) in [5.41, 5.74) is 1.43. The number of nitrogens with one attached hydrogen (secondary N) is 1. The quantitative estimate of drug-likeness (QED) is 0.242. The Morgan fingerprint density at radius 2 is 1.76 bits per heavy atom. The number of alkyl halides is 3. The van der Waals surface area contributed by atoms with Gasteiger partial charge >= 0.3 is 6.18 Å². The number of fused-ring (bicyclic) bond motifs is 2. The molecule has 5 aromatic rings. The van der Waals surface area contributed by atoms with Gasteiger partial charge < -0.3 is 10.1 Å². The van der Waals surface area contributed by atoms with Crippen LogP contribution in [-0.4, -0.2) is 27.0 Å². The molecule has 0 fully saturated rings. The number of hydrogen-bond donors (Lipinski definition) is 1. The summed E-state index contributed by atoms with van der Waals surface area (Å²) in [6, 6.07) is 19.1. The third kappa shape index (κ3) is 5.11. The largest absolute Gasteiger partial charge is 0.478 e. The van der Waals surface area contributed by atoms with Gasteiger partial charge in [-0.1, -0.05) is 43.7 Å². The Labute approximate surface area is 210 Å². The summed E-state index contributed by atoms with van der Waals surface area (Å²) in [6.45, 7) is 2.48. The van der Waals surface area contributed by atoms with Crippen molar-refractivity contribution >= 4 is 33.5 Å². The van der Waals surface area contributed by atoms with Crippen LogP contribution in [0.4, 0.5) is 18.9 Å². The van der Waals surface area contributed by atoms with Crippen molar-refractivity contribution < 1.29 is 22.7 Å². The summed E-state index contributed by atoms with van der Waals surface area (Å²) in [5, 5.41) is 3.22. The molecule has 3 aromatic carbocycles. The first-order chi connectivity index (χ1) is 17.8. The topological polar surface area (TPSA) is 69.0 Å². The molecule has 0 aliphatic rings. The summed E-state index contributed by atoms with van der Waals surface area (Å²) in [4.78, 5) is 22.1. The number of ether oxygens (including phenoxy) is 1. The van der Waals surface area contributed by atoms with Crippen LogP contribution in [0.15, 0.2) is 79.1 Å². The molecule has 9 heteroatoms. The van der Waals surface area contributed by atoms with Crippen molar-refractivity contribution in [2.45, 2.75) is 25.9 Å². The fourth-order valence-electron chi connectivity index (χ4n) is 4.08. The molecule has 2 aromatic heterocycles. The van der Waals surface area contributed by atoms with Gasteiger partial charge in [-0.2, -0.15) is 13.2 Å². The summed E-state index contributed by atoms with van der Waals surface area (Å²) in [6.07, 6.45) is -1.39. The summed E-state index contributed by atoms with van der Waals surface area (Å²) in [5.74, 6) is -0.286. The number of benzene rings is 3. The van der Waals surface area contributed by atoms with Crippen LogP contribution in [0.1, 0.15) is 35.7 Å². The van der Waals surface area contributed by atoms with Gasteiger partial charge in [0.2, 0.25) is 5.88 Å². The number of aromatic nitrogens is 3. The molecule has 0 atom stereocenters. The molecule has 1 N–H and O–H groups in total. The van der Waals surface area contributed by atoms with E-state index in [0.29, 0.717) is 28.5 Å². The maximum atomic E-state index is 13.8. The van der Waals surface area contributed by atoms with Crippen LogP contribution >= 0.6 is 0 Å². The number of carbonyl (C=O) groups is 1. The van der Waals surface area contributed by atoms with Crippen LogP contribution in [0.2, 0.25) is 0 Å². The Kier molecular flexibility index (Phi) is 6.52. The van der Waals surface area contributed by atoms with E-state index in [4.69, 9.17) is 4.74 Å². The Balaban J connectivity index is 1.55. The van der Waals surface area contributed by atoms with Gasteiger partial charge in [-0.25, -0.2) is 9.97 Å². The first-order valence-electron chi connectivity index (χ1n) is 11.8. The number of anilines is 1. The first-order valence-corrected chi connectivity index (χ1v) is 11.8. The number of unbranched alkanes of at least 4 members (excludes halogenated alkanes) is 1. The van der Waals surface area contributed by atoms with E-state index >= 15 is 0 Å². The minimum atomic E-state index is -4.62. The highest BCUT2D eigenvalue weighted by atomic mass is 19.4. The van der Waals surface area contributed by atoms with Crippen LogP contribution in [0.3, 0.4) is 0 Å². The second kappa shape index (κ2) is 9.93. The van der Waals surface area contributed by atoms with Crippen molar-refractivity contribution in [1.82, 2.24) is 14.5 Å². The number of rotatable bonds is 7. The molecule has 0 spiro atoms. The highest BCUT2D eigenvalue weighted by Gasteiger charge is 2.32. The summed E-state index contributed by atoms with van der Waals surface area (Å²) < 4.78 is 48.7. The molecule has 188 valence electrons. The maximum absolute atomic E-state index is 13.8. The lowest BCUT2D eigenvalue weighted by Gasteiger charge is -2.15. The fourth-order valence-corrected chi connectivity index (χ4v) is 4.08. The predicted octanol–water partition coefficient (Wildman–Crippen LogP) is 7.02. The summed E-state index contributed by atoms with van der Waals surface area (Å²) in [7, 11) is 0. The number of halogens is 3. The molecule has 1 amide bonds. The monoisotopic (exact) mass is 504 g/mol. The average Bonchev–Trinajstić information content (AvgIpc) is 3.32. The van der Waals surface area contributed by atoms with Gasteiger partial charge in [0.05, 0.1) is 34.3 Å². The normalized spacial score (nSPS) is 11.7. The van der Waals surface area contributed by atoms with Gasteiger partial charge in [-0.05, 0) is 42.8 Å². The summed E-state index contributed by atoms with van der Waals surface area (Å²) >= 11 is 0. The van der Waals surface area contributed by atoms with Crippen molar-refractivity contribution in [3.05, 3.63) is 90.3 Å². The predicted molar refractivity (Wildman–Crippen MR) is 136 cm³/mol. The fraction of sp³-hybridized carbons (Fsp3) is 0.179. The second-order valence-corrected chi connectivity index (χ2v) is 8.55. The molecular weight excluding hydrogens is 481 g/mol. The van der Waals surface area contributed by atoms with Gasteiger partial charge in [0, 0.05) is 22.8 Å². The van der Waals surface area contributed by atoms with Crippen LogP contribution in [-0.2, 0) is 6.18 Å². The van der Waals surface area contributed by atoms with E-state index in [2.05, 4.69) is 15.3 Å². The number of pyridine rings is 1. The molecule has 0 saturated heterocycles. The molecule has 6 nitrogen and oxygen atoms in total. The molecule has 0 unspecified atom stereocenters. The van der Waals surface area contributed by atoms with Crippen molar-refractivity contribution in [1.29, 1.82) is 0 Å². The van der Waals surface area contributed by atoms with Crippen LogP contribution in [0, 0.1) is 0 Å². The third-order valence-electron chi connectivity index (χ3n) is 5.92. The Morgan fingerprint density at radius 1 is 1.00 bits per heavy atom. The molecule has 2 heterocycles. The van der Waals surface area contributed by atoms with E-state index in [1.807, 2.05) is 6.92 Å². The number of para-hydroxylation sites is 3. The number of hydrogen-bond acceptors (Lipinski definition) is 4. The Bertz CT molecular complexity index is 1590. The zero-order valence-corrected chi connectivity index (χ0v) is 19.9. The molecule has 0 aliphatic heterocycles. The lowest BCUT2D eigenvalue weighted by Crippen LogP contribution is -2.15. The zero-order chi connectivity index (χ0) is 26.0. The van der Waals surface area contributed by atoms with Crippen LogP contribution < -0.4 is 10.1 Å². The number of amides is 1. The lowest BCUT2D eigenvalue weighted by atomic mass is 10.1. The molecule has 37 heavy (non-hydrogen) atoms. The van der Waals surface area contributed by atoms with Crippen molar-refractivity contribution in [3.63, 3.8) is 0 Å². The molecule has 0 saturated carbocycles. The van der Waals surface area contributed by atoms with E-state index < -0.39 is 17.6 Å². The average molecular weight is 505 g/mol. The number of imidazole rings is 1. The van der Waals surface area contributed by atoms with Gasteiger partial charge in [0.25, 0.3) is 5.91 Å². The highest BCUT2D eigenvalue weighted by Crippen LogP contribution is 2.34. The molecular formula is C28H23F3N4O2. The maximum Gasteiger partial charge on any atom is 0.416 e. The number of nitrogens with zero attached hydrogens (tertiary/aromatic N) is 3. The second-order valence-electron chi connectivity index (χ2n) is 8.55. The SMILES string of the molecule is CCCCOc1cc(C(=O)Nc2cc(-n3cnc4ccccc43)cc(C(F)(F)F)c2)c2ccccc2n1. The molecule has 0 radical (unpaired) electrons. The smallest absolute Gasteiger partial charge is 0.416 e. The Morgan fingerprint density at radius 3 is 2.54 bits per heavy atom. The van der Waals surface area contributed by atoms with E-state index in [1.54, 1.807) is 53.1 Å². The zero-order valence-electron chi connectivity index (χ0n) is 19.9. The van der Waals surface area contributed by atoms with E-state index in [9.17, 15) is 18.0 Å². The molecule has 0 aliphatic carbocycles. The minimum Gasteiger partial charge on any atom is -0.478 e. The molecule has 5 rings (SSSR count). The first kappa shape index (κ1) is 24.3. The minimum absolute atomic E-state index is 0.00181. The lowest BCUT2D eigenvalue weighted by molar-refractivity contribution is -0.137. The van der Waals surface area contributed by atoms with Gasteiger partial charge in [0.15, 0.2) is 0 Å². The third-order valence-corrected chi connectivity index (χ3v) is 5.92. The highest BCUT2D eigenvalue weighted by molar-refractivity contribution is 6.12. The molecule has 0 bridgehead atoms. The van der Waals surface area contributed by atoms with Crippen LogP contribution in [0.5, 0.6) is 5.88 Å². The van der Waals surface area contributed by atoms with E-state index in [0.717, 1.165) is 25.0 Å². The van der Waals surface area contributed by atoms with Crippen molar-refractivity contribution in [3.8, 4) is 11.6 Å². The van der Waals surface area contributed by atoms with E-state index in [-0.39, 0.29) is 22.8 Å². The van der Waals surface area contributed by atoms with Crippen molar-refractivity contribution in [2.24, 2.45) is 0 Å². The van der Waals surface area contributed by atoms with Gasteiger partial charge in [-0.15, -0.1) is 0 Å². The standard InChI is InChI=1S/C28H23F3N4O2/c1-2-3-12-37-26-16-22(21-8-4-5-9-23(21)34-26)27(36)33-19-13-18(28(29,30)31)14-20(15-19)35-17-32-24-10-6-7-11-25(24)35/h4-11,13-17H,2-3,12H2,1H3,(H,33,36). The van der Waals surface area contributed by atoms with Gasteiger partial charge in [0.1, 0.15) is 6.33 Å². The van der Waals surface area contributed by atoms with E-state index in [1.165, 1.54) is 18.5 Å². The van der Waals surface area contributed by atoms with Crippen molar-refractivity contribution in [2.75, 3.05) is 11.9 Å².